The van der Waals surface area contributed by atoms with Gasteiger partial charge in [0.1, 0.15) is 0 Å². The van der Waals surface area contributed by atoms with Gasteiger partial charge in [0.25, 0.3) is 5.97 Å². The first-order chi connectivity index (χ1) is 1.73. The quantitative estimate of drug-likeness (QED) is 0.462. The molecular formula is C2H10Na2O2Sn. The van der Waals surface area contributed by atoms with E-state index in [9.17, 15) is 0 Å². The van der Waals surface area contributed by atoms with Crippen molar-refractivity contribution in [2.45, 2.75) is 6.92 Å². The first kappa shape index (κ1) is 22.8. The van der Waals surface area contributed by atoms with E-state index in [1.54, 1.807) is 0 Å². The van der Waals surface area contributed by atoms with Crippen LogP contribution in [0.25, 0.3) is 0 Å². The summed E-state index contributed by atoms with van der Waals surface area (Å²) in [5.74, 6) is -0.833. The van der Waals surface area contributed by atoms with E-state index < -0.39 is 5.97 Å². The molecule has 0 aliphatic heterocycles. The fourth-order valence-corrected chi connectivity index (χ4v) is 0. The molecule has 0 fully saturated rings. The molecular weight excluding hydrogens is 221 g/mol. The topological polar surface area (TPSA) is 37.3 Å². The van der Waals surface area contributed by atoms with Crippen molar-refractivity contribution in [1.29, 1.82) is 0 Å². The number of aliphatic carboxylic acids is 1. The Labute approximate surface area is 104 Å². The van der Waals surface area contributed by atoms with Crippen molar-refractivity contribution in [1.82, 2.24) is 0 Å². The van der Waals surface area contributed by atoms with Crippen LogP contribution in [0.15, 0.2) is 0 Å². The summed E-state index contributed by atoms with van der Waals surface area (Å²) in [5, 5.41) is 7.42. The van der Waals surface area contributed by atoms with Crippen LogP contribution in [0.4, 0.5) is 0 Å². The summed E-state index contributed by atoms with van der Waals surface area (Å²) in [4.78, 5) is 9.00. The molecule has 5 heteroatoms. The minimum atomic E-state index is -0.833. The molecule has 2 nitrogen and oxygen atoms in total. The summed E-state index contributed by atoms with van der Waals surface area (Å²) in [6.07, 6.45) is 0. The van der Waals surface area contributed by atoms with Crippen LogP contribution >= 0.6 is 0 Å². The molecule has 1 N–H and O–H groups in total. The summed E-state index contributed by atoms with van der Waals surface area (Å²) in [7, 11) is 0. The Morgan fingerprint density at radius 1 is 1.43 bits per heavy atom. The van der Waals surface area contributed by atoms with E-state index in [1.165, 1.54) is 0 Å². The van der Waals surface area contributed by atoms with Crippen LogP contribution in [0.2, 0.25) is 0 Å². The van der Waals surface area contributed by atoms with Crippen molar-refractivity contribution in [3.63, 3.8) is 0 Å². The van der Waals surface area contributed by atoms with Crippen molar-refractivity contribution in [2.24, 2.45) is 0 Å². The zero-order chi connectivity index (χ0) is 3.58. The third kappa shape index (κ3) is 63.1. The van der Waals surface area contributed by atoms with Crippen molar-refractivity contribution in [3.8, 4) is 0 Å². The predicted octanol–water partition coefficient (Wildman–Crippen LogP) is -2.66. The van der Waals surface area contributed by atoms with Crippen LogP contribution in [-0.4, -0.2) is 94.1 Å². The van der Waals surface area contributed by atoms with Gasteiger partial charge in [-0.15, -0.1) is 0 Å². The van der Waals surface area contributed by atoms with E-state index >= 15 is 0 Å². The summed E-state index contributed by atoms with van der Waals surface area (Å²) in [5.41, 5.74) is 0. The van der Waals surface area contributed by atoms with E-state index in [2.05, 4.69) is 0 Å². The average molecular weight is 231 g/mol. The van der Waals surface area contributed by atoms with Crippen molar-refractivity contribution in [3.05, 3.63) is 0 Å². The van der Waals surface area contributed by atoms with E-state index in [0.717, 1.165) is 6.92 Å². The molecule has 0 unspecified atom stereocenters. The van der Waals surface area contributed by atoms with Crippen LogP contribution in [0, 0.1) is 0 Å². The fraction of sp³-hybridized carbons (Fsp3) is 0.500. The van der Waals surface area contributed by atoms with Gasteiger partial charge < -0.3 is 5.11 Å². The van der Waals surface area contributed by atoms with Gasteiger partial charge in [-0.3, -0.25) is 4.79 Å². The number of rotatable bonds is 0. The first-order valence-electron chi connectivity index (χ1n) is 0.928. The summed E-state index contributed by atoms with van der Waals surface area (Å²) < 4.78 is 0. The molecule has 0 saturated heterocycles. The van der Waals surface area contributed by atoms with Crippen LogP contribution in [-0.2, 0) is 4.79 Å². The Kier molecular flexibility index (Phi) is 51.3. The van der Waals surface area contributed by atoms with Crippen LogP contribution in [0.5, 0.6) is 0 Å². The molecule has 0 aliphatic rings. The van der Waals surface area contributed by atoms with Gasteiger partial charge in [0.2, 0.25) is 0 Å². The Hall–Kier alpha value is 2.27. The van der Waals surface area contributed by atoms with Gasteiger partial charge in [0.05, 0.1) is 0 Å². The maximum atomic E-state index is 9.00. The van der Waals surface area contributed by atoms with Gasteiger partial charge in [0, 0.05) is 6.92 Å². The second kappa shape index (κ2) is 15.7. The van der Waals surface area contributed by atoms with Crippen molar-refractivity contribution < 1.29 is 9.90 Å². The zero-order valence-corrected chi connectivity index (χ0v) is 2.36. The summed E-state index contributed by atoms with van der Waals surface area (Å²) >= 11 is 0. The molecule has 0 atom stereocenters. The number of carboxylic acid groups (broad SMARTS) is 1. The Morgan fingerprint density at radius 2 is 1.43 bits per heavy atom. The molecule has 0 aromatic heterocycles. The second-order valence-corrected chi connectivity index (χ2v) is 0.519. The number of carboxylic acids is 1. The molecule has 0 saturated carbocycles. The average Bonchev–Trinajstić information content (AvgIpc) is 0.811. The van der Waals surface area contributed by atoms with Crippen LogP contribution < -0.4 is 0 Å². The maximum absolute atomic E-state index is 9.00. The molecule has 0 aliphatic carbocycles. The third-order valence-electron chi connectivity index (χ3n) is 0. The second-order valence-electron chi connectivity index (χ2n) is 0.519. The molecule has 0 aromatic carbocycles. The van der Waals surface area contributed by atoms with Crippen LogP contribution in [0.3, 0.4) is 0 Å². The van der Waals surface area contributed by atoms with Crippen LogP contribution in [0.1, 0.15) is 6.92 Å². The van der Waals surface area contributed by atoms with E-state index in [-0.39, 0.29) is 83.0 Å². The molecule has 36 valence electrons. The van der Waals surface area contributed by atoms with E-state index in [4.69, 9.17) is 9.90 Å². The number of hydrogen-bond acceptors (Lipinski definition) is 1. The summed E-state index contributed by atoms with van der Waals surface area (Å²) in [6.45, 7) is 1.08. The molecule has 7 heavy (non-hydrogen) atoms. The minimum absolute atomic E-state index is 0. The SMILES string of the molecule is CC(=O)O.[NaH].[NaH].[SnH4]. The molecule has 0 aromatic rings. The van der Waals surface area contributed by atoms with Gasteiger partial charge in [-0.05, 0) is 0 Å². The number of hydrogen-bond donors (Lipinski definition) is 1. The Bertz CT molecular complexity index is 36.7. The van der Waals surface area contributed by atoms with Gasteiger partial charge >= 0.3 is 83.0 Å². The molecule has 0 heterocycles. The zero-order valence-electron chi connectivity index (χ0n) is 2.36. The predicted molar refractivity (Wildman–Crippen MR) is 38.9 cm³/mol. The Morgan fingerprint density at radius 3 is 1.43 bits per heavy atom. The van der Waals surface area contributed by atoms with E-state index in [1.807, 2.05) is 0 Å². The van der Waals surface area contributed by atoms with Crippen molar-refractivity contribution in [2.75, 3.05) is 0 Å². The first-order valence-corrected chi connectivity index (χ1v) is 0.928. The van der Waals surface area contributed by atoms with E-state index in [0.29, 0.717) is 0 Å². The molecule has 0 bridgehead atoms. The standard InChI is InChI=1S/C2H4O2.2Na.Sn.6H/c1-2(3)4;;;;;;;;;/h1H3,(H,3,4);;;;;;;;;. The number of carbonyl (C=O) groups is 1. The fourth-order valence-electron chi connectivity index (χ4n) is 0. The molecule has 0 spiro atoms. The molecule has 0 radical (unpaired) electrons. The Balaban J connectivity index is -0.0000000150. The van der Waals surface area contributed by atoms with Gasteiger partial charge in [-0.1, -0.05) is 0 Å². The molecule has 0 rings (SSSR count). The summed E-state index contributed by atoms with van der Waals surface area (Å²) in [6, 6.07) is 0. The normalized spacial score (nSPS) is 3.57. The third-order valence-corrected chi connectivity index (χ3v) is 0. The van der Waals surface area contributed by atoms with Gasteiger partial charge in [0.15, 0.2) is 0 Å². The van der Waals surface area contributed by atoms with Crippen molar-refractivity contribution >= 4 is 89.0 Å². The van der Waals surface area contributed by atoms with Gasteiger partial charge in [-0.2, -0.15) is 0 Å². The monoisotopic (exact) mass is 232 g/mol. The molecule has 0 amide bonds. The van der Waals surface area contributed by atoms with Gasteiger partial charge in [-0.25, -0.2) is 0 Å².